The first-order valence-corrected chi connectivity index (χ1v) is 6.60. The van der Waals surface area contributed by atoms with Gasteiger partial charge in [-0.2, -0.15) is 0 Å². The first-order chi connectivity index (χ1) is 10.0. The molecule has 4 aliphatic rings. The standard InChI is InChI=1S/C10H12N4O8/c15-11(16)7-1-8(12(17)18)4-9(2-7,13(19)20)6-10(3-7,5-8)14(21)22/h1-6H2. The summed E-state index contributed by atoms with van der Waals surface area (Å²) in [6, 6.07) is 0. The Hall–Kier alpha value is -2.40. The molecule has 4 saturated carbocycles. The molecular weight excluding hydrogens is 304 g/mol. The summed E-state index contributed by atoms with van der Waals surface area (Å²) in [6.45, 7) is 0. The average molecular weight is 316 g/mol. The van der Waals surface area contributed by atoms with Gasteiger partial charge in [0.2, 0.25) is 22.2 Å². The molecule has 0 radical (unpaired) electrons. The summed E-state index contributed by atoms with van der Waals surface area (Å²) >= 11 is 0. The number of nitro groups is 4. The summed E-state index contributed by atoms with van der Waals surface area (Å²) in [4.78, 5) is 42.8. The lowest BCUT2D eigenvalue weighted by molar-refractivity contribution is -0.727. The van der Waals surface area contributed by atoms with Crippen LogP contribution in [0.2, 0.25) is 0 Å². The van der Waals surface area contributed by atoms with Gasteiger partial charge in [0.25, 0.3) is 0 Å². The molecule has 0 unspecified atom stereocenters. The van der Waals surface area contributed by atoms with Crippen LogP contribution in [-0.4, -0.2) is 41.8 Å². The van der Waals surface area contributed by atoms with Crippen LogP contribution in [0.1, 0.15) is 38.5 Å². The molecule has 12 nitrogen and oxygen atoms in total. The largest absolute Gasteiger partial charge is 0.264 e. The maximum Gasteiger partial charge on any atom is 0.242 e. The molecule has 0 spiro atoms. The van der Waals surface area contributed by atoms with Gasteiger partial charge in [-0.25, -0.2) is 0 Å². The molecule has 12 heteroatoms. The highest BCUT2D eigenvalue weighted by Gasteiger charge is 2.86. The molecule has 0 aromatic carbocycles. The van der Waals surface area contributed by atoms with Gasteiger partial charge in [-0.15, -0.1) is 0 Å². The van der Waals surface area contributed by atoms with Gasteiger partial charge in [-0.1, -0.05) is 0 Å². The van der Waals surface area contributed by atoms with Gasteiger partial charge in [0.1, 0.15) is 0 Å². The van der Waals surface area contributed by atoms with Gasteiger partial charge in [0.05, 0.1) is 38.5 Å². The highest BCUT2D eigenvalue weighted by Crippen LogP contribution is 2.64. The van der Waals surface area contributed by atoms with E-state index in [2.05, 4.69) is 0 Å². The second-order valence-electron chi connectivity index (χ2n) is 6.99. The number of nitrogens with zero attached hydrogens (tertiary/aromatic N) is 4. The van der Waals surface area contributed by atoms with Crippen molar-refractivity contribution in [2.75, 3.05) is 0 Å². The van der Waals surface area contributed by atoms with E-state index in [-0.39, 0.29) is 0 Å². The maximum atomic E-state index is 11.5. The summed E-state index contributed by atoms with van der Waals surface area (Å²) in [6.07, 6.45) is -2.89. The molecule has 4 aliphatic carbocycles. The number of rotatable bonds is 4. The van der Waals surface area contributed by atoms with Crippen molar-refractivity contribution in [3.63, 3.8) is 0 Å². The van der Waals surface area contributed by atoms with Gasteiger partial charge >= 0.3 is 0 Å². The molecule has 0 saturated heterocycles. The first kappa shape index (κ1) is 14.5. The lowest BCUT2D eigenvalue weighted by Crippen LogP contribution is -2.78. The molecule has 4 bridgehead atoms. The van der Waals surface area contributed by atoms with Crippen LogP contribution >= 0.6 is 0 Å². The lowest BCUT2D eigenvalue weighted by Gasteiger charge is -2.55. The second kappa shape index (κ2) is 3.67. The van der Waals surface area contributed by atoms with E-state index in [0.29, 0.717) is 0 Å². The molecule has 4 rings (SSSR count). The van der Waals surface area contributed by atoms with Crippen LogP contribution < -0.4 is 0 Å². The Morgan fingerprint density at radius 2 is 0.591 bits per heavy atom. The van der Waals surface area contributed by atoms with Crippen molar-refractivity contribution in [2.24, 2.45) is 0 Å². The van der Waals surface area contributed by atoms with Crippen LogP contribution in [-0.2, 0) is 0 Å². The first-order valence-electron chi connectivity index (χ1n) is 6.60. The van der Waals surface area contributed by atoms with Crippen molar-refractivity contribution in [1.82, 2.24) is 0 Å². The molecule has 0 aromatic heterocycles. The summed E-state index contributed by atoms with van der Waals surface area (Å²) < 4.78 is 0. The fourth-order valence-electron chi connectivity index (χ4n) is 5.20. The summed E-state index contributed by atoms with van der Waals surface area (Å²) in [5, 5.41) is 45.9. The number of hydrogen-bond acceptors (Lipinski definition) is 8. The third-order valence-electron chi connectivity index (χ3n) is 5.50. The molecule has 0 amide bonds. The van der Waals surface area contributed by atoms with Crippen molar-refractivity contribution < 1.29 is 19.7 Å². The van der Waals surface area contributed by atoms with Crippen LogP contribution in [0, 0.1) is 40.5 Å². The van der Waals surface area contributed by atoms with E-state index >= 15 is 0 Å². The smallest absolute Gasteiger partial charge is 0.242 e. The topological polar surface area (TPSA) is 173 Å². The Labute approximate surface area is 122 Å². The quantitative estimate of drug-likeness (QED) is 0.530. The molecule has 0 heterocycles. The zero-order chi connectivity index (χ0) is 16.6. The summed E-state index contributed by atoms with van der Waals surface area (Å²) in [7, 11) is 0. The van der Waals surface area contributed by atoms with Crippen molar-refractivity contribution in [3.05, 3.63) is 40.5 Å². The van der Waals surface area contributed by atoms with Crippen molar-refractivity contribution >= 4 is 0 Å². The van der Waals surface area contributed by atoms with Gasteiger partial charge in [-0.3, -0.25) is 40.5 Å². The SMILES string of the molecule is O=[N+]([O-])C12CC3([N+](=O)[O-])CC([N+](=O)[O-])(C1)CC([N+](=O)[O-])(C2)C3. The normalized spacial score (nSPS) is 45.5. The molecule has 0 aromatic rings. The monoisotopic (exact) mass is 316 g/mol. The molecule has 0 aliphatic heterocycles. The van der Waals surface area contributed by atoms with Crippen LogP contribution in [0.5, 0.6) is 0 Å². The summed E-state index contributed by atoms with van der Waals surface area (Å²) in [5.74, 6) is 0. The zero-order valence-electron chi connectivity index (χ0n) is 11.3. The van der Waals surface area contributed by atoms with E-state index in [9.17, 15) is 40.5 Å². The predicted octanol–water partition coefficient (Wildman–Crippen LogP) is 0.430. The Balaban J connectivity index is 2.26. The van der Waals surface area contributed by atoms with Crippen molar-refractivity contribution in [3.8, 4) is 0 Å². The Morgan fingerprint density at radius 1 is 0.455 bits per heavy atom. The molecule has 120 valence electrons. The highest BCUT2D eigenvalue weighted by molar-refractivity contribution is 5.21. The molecule has 0 atom stereocenters. The molecular formula is C10H12N4O8. The van der Waals surface area contributed by atoms with Crippen molar-refractivity contribution in [1.29, 1.82) is 0 Å². The van der Waals surface area contributed by atoms with Gasteiger partial charge in [0.15, 0.2) is 0 Å². The van der Waals surface area contributed by atoms with Crippen LogP contribution in [0.4, 0.5) is 0 Å². The fourth-order valence-corrected chi connectivity index (χ4v) is 5.20. The predicted molar refractivity (Wildman–Crippen MR) is 66.6 cm³/mol. The van der Waals surface area contributed by atoms with E-state index in [1.807, 2.05) is 0 Å². The maximum absolute atomic E-state index is 11.5. The summed E-state index contributed by atoms with van der Waals surface area (Å²) in [5.41, 5.74) is -7.88. The van der Waals surface area contributed by atoms with Crippen LogP contribution in [0.25, 0.3) is 0 Å². The fraction of sp³-hybridized carbons (Fsp3) is 1.00. The minimum atomic E-state index is -1.97. The molecule has 4 fully saturated rings. The van der Waals surface area contributed by atoms with E-state index < -0.39 is 80.4 Å². The molecule has 22 heavy (non-hydrogen) atoms. The lowest BCUT2D eigenvalue weighted by atomic mass is 9.45. The van der Waals surface area contributed by atoms with Gasteiger partial charge < -0.3 is 0 Å². The van der Waals surface area contributed by atoms with Crippen molar-refractivity contribution in [2.45, 2.75) is 60.7 Å². The van der Waals surface area contributed by atoms with Gasteiger partial charge in [0, 0.05) is 19.7 Å². The molecule has 0 N–H and O–H groups in total. The van der Waals surface area contributed by atoms with E-state index in [1.165, 1.54) is 0 Å². The van der Waals surface area contributed by atoms with E-state index in [0.717, 1.165) is 0 Å². The Bertz CT molecular complexity index is 489. The van der Waals surface area contributed by atoms with Gasteiger partial charge in [-0.05, 0) is 0 Å². The zero-order valence-corrected chi connectivity index (χ0v) is 11.3. The Kier molecular flexibility index (Phi) is 2.43. The third kappa shape index (κ3) is 1.46. The third-order valence-corrected chi connectivity index (χ3v) is 5.50. The highest BCUT2D eigenvalue weighted by atomic mass is 16.7. The van der Waals surface area contributed by atoms with Crippen LogP contribution in [0.3, 0.4) is 0 Å². The van der Waals surface area contributed by atoms with E-state index in [1.54, 1.807) is 0 Å². The van der Waals surface area contributed by atoms with E-state index in [4.69, 9.17) is 0 Å². The Morgan fingerprint density at radius 3 is 0.682 bits per heavy atom. The van der Waals surface area contributed by atoms with Crippen LogP contribution in [0.15, 0.2) is 0 Å². The number of hydrogen-bond donors (Lipinski definition) is 0. The average Bonchev–Trinajstić information content (AvgIpc) is 2.36. The minimum Gasteiger partial charge on any atom is -0.264 e. The minimum absolute atomic E-state index is 0.481. The second-order valence-corrected chi connectivity index (χ2v) is 6.99.